The second-order valence-electron chi connectivity index (χ2n) is 7.42. The predicted octanol–water partition coefficient (Wildman–Crippen LogP) is 3.75. The lowest BCUT2D eigenvalue weighted by Crippen LogP contribution is -2.34. The van der Waals surface area contributed by atoms with Crippen LogP contribution in [-0.2, 0) is 6.54 Å². The Balaban J connectivity index is 1.66. The molecule has 1 N–H and O–H groups in total. The van der Waals surface area contributed by atoms with Crippen molar-refractivity contribution >= 4 is 0 Å². The van der Waals surface area contributed by atoms with Gasteiger partial charge in [-0.05, 0) is 56.1 Å². The second-order valence-corrected chi connectivity index (χ2v) is 7.42. The van der Waals surface area contributed by atoms with E-state index in [0.717, 1.165) is 55.2 Å². The fraction of sp³-hybridized carbons (Fsp3) is 0.348. The number of methoxy groups -OCH3 is 1. The van der Waals surface area contributed by atoms with Gasteiger partial charge in [-0.2, -0.15) is 5.10 Å². The fourth-order valence-electron chi connectivity index (χ4n) is 3.82. The van der Waals surface area contributed by atoms with Crippen molar-refractivity contribution in [1.82, 2.24) is 14.7 Å². The van der Waals surface area contributed by atoms with E-state index in [-0.39, 0.29) is 0 Å². The first-order valence-electron chi connectivity index (χ1n) is 9.88. The summed E-state index contributed by atoms with van der Waals surface area (Å²) in [7, 11) is 1.69. The number of aliphatic hydroxyl groups excluding tert-OH is 1. The molecule has 0 spiro atoms. The van der Waals surface area contributed by atoms with Crippen LogP contribution in [0.1, 0.15) is 18.4 Å². The van der Waals surface area contributed by atoms with Crippen LogP contribution in [-0.4, -0.2) is 46.6 Å². The molecule has 1 fully saturated rings. The van der Waals surface area contributed by atoms with Crippen LogP contribution in [0.2, 0.25) is 0 Å². The van der Waals surface area contributed by atoms with Crippen molar-refractivity contribution < 1.29 is 9.84 Å². The summed E-state index contributed by atoms with van der Waals surface area (Å²) >= 11 is 0. The van der Waals surface area contributed by atoms with Crippen molar-refractivity contribution in [2.75, 3.05) is 26.8 Å². The highest BCUT2D eigenvalue weighted by Crippen LogP contribution is 2.29. The van der Waals surface area contributed by atoms with Gasteiger partial charge in [0, 0.05) is 30.5 Å². The molecule has 0 radical (unpaired) electrons. The Hall–Kier alpha value is -2.63. The van der Waals surface area contributed by atoms with Crippen LogP contribution >= 0.6 is 0 Å². The molecule has 0 bridgehead atoms. The summed E-state index contributed by atoms with van der Waals surface area (Å²) in [4.78, 5) is 2.46. The molecular weight excluding hydrogens is 350 g/mol. The third-order valence-corrected chi connectivity index (χ3v) is 5.51. The lowest BCUT2D eigenvalue weighted by atomic mass is 9.97. The van der Waals surface area contributed by atoms with Crippen LogP contribution in [0, 0.1) is 5.92 Å². The molecule has 1 aliphatic rings. The maximum Gasteiger partial charge on any atom is 0.119 e. The number of rotatable bonds is 6. The van der Waals surface area contributed by atoms with Gasteiger partial charge in [-0.3, -0.25) is 4.90 Å². The molecule has 1 aromatic heterocycles. The zero-order chi connectivity index (χ0) is 19.3. The Bertz CT molecular complexity index is 899. The Labute approximate surface area is 166 Å². The van der Waals surface area contributed by atoms with Gasteiger partial charge >= 0.3 is 0 Å². The van der Waals surface area contributed by atoms with E-state index in [1.165, 1.54) is 5.56 Å². The highest BCUT2D eigenvalue weighted by Gasteiger charge is 2.21. The molecule has 0 amide bonds. The maximum absolute atomic E-state index is 9.39. The second kappa shape index (κ2) is 8.59. The molecule has 0 unspecified atom stereocenters. The minimum atomic E-state index is 0.300. The van der Waals surface area contributed by atoms with Gasteiger partial charge in [0.1, 0.15) is 5.75 Å². The molecule has 2 heterocycles. The van der Waals surface area contributed by atoms with Crippen LogP contribution in [0.3, 0.4) is 0 Å². The van der Waals surface area contributed by atoms with Crippen molar-refractivity contribution in [1.29, 1.82) is 0 Å². The minimum absolute atomic E-state index is 0.300. The van der Waals surface area contributed by atoms with Gasteiger partial charge in [-0.1, -0.05) is 30.3 Å². The first kappa shape index (κ1) is 18.7. The SMILES string of the molecule is COc1cccc(-c2nn(-c3ccccc3)cc2CN2CCC(CO)CC2)c1. The Morgan fingerprint density at radius 2 is 1.86 bits per heavy atom. The highest BCUT2D eigenvalue weighted by atomic mass is 16.5. The fourth-order valence-corrected chi connectivity index (χ4v) is 3.82. The number of benzene rings is 2. The van der Waals surface area contributed by atoms with Crippen molar-refractivity contribution in [2.24, 2.45) is 5.92 Å². The minimum Gasteiger partial charge on any atom is -0.497 e. The van der Waals surface area contributed by atoms with Crippen molar-refractivity contribution in [3.8, 4) is 22.7 Å². The van der Waals surface area contributed by atoms with Gasteiger partial charge in [0.2, 0.25) is 0 Å². The number of nitrogens with zero attached hydrogens (tertiary/aromatic N) is 3. The number of para-hydroxylation sites is 1. The lowest BCUT2D eigenvalue weighted by Gasteiger charge is -2.30. The lowest BCUT2D eigenvalue weighted by molar-refractivity contribution is 0.127. The highest BCUT2D eigenvalue weighted by molar-refractivity contribution is 5.65. The van der Waals surface area contributed by atoms with E-state index in [1.54, 1.807) is 7.11 Å². The summed E-state index contributed by atoms with van der Waals surface area (Å²) in [6, 6.07) is 18.3. The zero-order valence-electron chi connectivity index (χ0n) is 16.3. The number of hydrogen-bond acceptors (Lipinski definition) is 4. The van der Waals surface area contributed by atoms with E-state index in [2.05, 4.69) is 29.3 Å². The van der Waals surface area contributed by atoms with Crippen molar-refractivity contribution in [2.45, 2.75) is 19.4 Å². The average molecular weight is 377 g/mol. The van der Waals surface area contributed by atoms with Crippen LogP contribution in [0.4, 0.5) is 0 Å². The first-order chi connectivity index (χ1) is 13.8. The number of aromatic nitrogens is 2. The van der Waals surface area contributed by atoms with E-state index in [9.17, 15) is 5.11 Å². The summed E-state index contributed by atoms with van der Waals surface area (Å²) in [5.41, 5.74) is 4.32. The van der Waals surface area contributed by atoms with Gasteiger partial charge < -0.3 is 9.84 Å². The summed E-state index contributed by atoms with van der Waals surface area (Å²) in [5.74, 6) is 1.28. The molecule has 5 nitrogen and oxygen atoms in total. The van der Waals surface area contributed by atoms with Gasteiger partial charge in [0.15, 0.2) is 0 Å². The molecule has 2 aromatic carbocycles. The summed E-state index contributed by atoms with van der Waals surface area (Å²) in [5, 5.41) is 14.3. The molecule has 3 aromatic rings. The van der Waals surface area contributed by atoms with E-state index in [0.29, 0.717) is 12.5 Å². The molecular formula is C23H27N3O2. The number of hydrogen-bond donors (Lipinski definition) is 1. The van der Waals surface area contributed by atoms with Gasteiger partial charge in [0.05, 0.1) is 18.5 Å². The normalized spacial score (nSPS) is 15.6. The molecule has 0 aliphatic carbocycles. The quantitative estimate of drug-likeness (QED) is 0.711. The Morgan fingerprint density at radius 3 is 2.57 bits per heavy atom. The third-order valence-electron chi connectivity index (χ3n) is 5.51. The van der Waals surface area contributed by atoms with Crippen LogP contribution in [0.25, 0.3) is 16.9 Å². The number of ether oxygens (including phenoxy) is 1. The monoisotopic (exact) mass is 377 g/mol. The standard InChI is InChI=1S/C23H27N3O2/c1-28-22-9-5-6-19(14-22)23-20(15-25-12-10-18(17-27)11-13-25)16-26(24-23)21-7-3-2-4-8-21/h2-9,14,16,18,27H,10-13,15,17H2,1H3. The first-order valence-corrected chi connectivity index (χ1v) is 9.88. The molecule has 146 valence electrons. The average Bonchev–Trinajstić information content (AvgIpc) is 3.19. The van der Waals surface area contributed by atoms with Crippen LogP contribution in [0.5, 0.6) is 5.75 Å². The van der Waals surface area contributed by atoms with Crippen LogP contribution < -0.4 is 4.74 Å². The van der Waals surface area contributed by atoms with E-state index >= 15 is 0 Å². The number of piperidine rings is 1. The molecule has 1 aliphatic heterocycles. The van der Waals surface area contributed by atoms with Gasteiger partial charge in [0.25, 0.3) is 0 Å². The Kier molecular flexibility index (Phi) is 5.74. The molecule has 0 atom stereocenters. The number of aliphatic hydroxyl groups is 1. The summed E-state index contributed by atoms with van der Waals surface area (Å²) in [6.45, 7) is 3.19. The van der Waals surface area contributed by atoms with Crippen molar-refractivity contribution in [3.63, 3.8) is 0 Å². The van der Waals surface area contributed by atoms with Crippen molar-refractivity contribution in [3.05, 3.63) is 66.4 Å². The topological polar surface area (TPSA) is 50.5 Å². The smallest absolute Gasteiger partial charge is 0.119 e. The molecule has 28 heavy (non-hydrogen) atoms. The summed E-state index contributed by atoms with van der Waals surface area (Å²) < 4.78 is 7.38. The Morgan fingerprint density at radius 1 is 1.07 bits per heavy atom. The molecule has 0 saturated carbocycles. The van der Waals surface area contributed by atoms with Gasteiger partial charge in [-0.15, -0.1) is 0 Å². The molecule has 1 saturated heterocycles. The van der Waals surface area contributed by atoms with E-state index in [1.807, 2.05) is 41.1 Å². The number of likely N-dealkylation sites (tertiary alicyclic amines) is 1. The van der Waals surface area contributed by atoms with Gasteiger partial charge in [-0.25, -0.2) is 4.68 Å². The largest absolute Gasteiger partial charge is 0.497 e. The van der Waals surface area contributed by atoms with E-state index < -0.39 is 0 Å². The van der Waals surface area contributed by atoms with Crippen LogP contribution in [0.15, 0.2) is 60.8 Å². The maximum atomic E-state index is 9.39. The summed E-state index contributed by atoms with van der Waals surface area (Å²) in [6.07, 6.45) is 4.25. The zero-order valence-corrected chi connectivity index (χ0v) is 16.3. The molecule has 4 rings (SSSR count). The third kappa shape index (κ3) is 4.11. The predicted molar refractivity (Wildman–Crippen MR) is 111 cm³/mol. The van der Waals surface area contributed by atoms with E-state index in [4.69, 9.17) is 9.84 Å². The molecule has 5 heteroatoms.